The van der Waals surface area contributed by atoms with Crippen LogP contribution in [0.5, 0.6) is 0 Å². The molecule has 2 aromatic carbocycles. The Morgan fingerprint density at radius 3 is 2.36 bits per heavy atom. The van der Waals surface area contributed by atoms with Crippen molar-refractivity contribution in [2.45, 2.75) is 6.42 Å². The van der Waals surface area contributed by atoms with Crippen LogP contribution in [-0.2, 0) is 0 Å². The molecule has 3 rings (SSSR count). The summed E-state index contributed by atoms with van der Waals surface area (Å²) in [4.78, 5) is 12.5. The van der Waals surface area contributed by atoms with E-state index < -0.39 is 0 Å². The summed E-state index contributed by atoms with van der Waals surface area (Å²) in [5, 5.41) is 18.8. The molecule has 2 aromatic rings. The number of carbonyl (C=O) groups excluding carboxylic acids is 1. The third-order valence-electron chi connectivity index (χ3n) is 3.82. The monoisotopic (exact) mass is 372 g/mol. The SMILES string of the molecule is N#CCC1CN(C(=O)Nc2ccc(Cl)cc2)N=C1c1ccc(Cl)cc1. The van der Waals surface area contributed by atoms with Crippen LogP contribution in [0.2, 0.25) is 10.0 Å². The van der Waals surface area contributed by atoms with Crippen molar-refractivity contribution in [3.8, 4) is 6.07 Å². The van der Waals surface area contributed by atoms with Gasteiger partial charge in [-0.05, 0) is 42.0 Å². The molecule has 0 aliphatic carbocycles. The highest BCUT2D eigenvalue weighted by molar-refractivity contribution is 6.31. The average Bonchev–Trinajstić information content (AvgIpc) is 3.02. The molecule has 126 valence electrons. The van der Waals surface area contributed by atoms with Gasteiger partial charge in [0.1, 0.15) is 0 Å². The summed E-state index contributed by atoms with van der Waals surface area (Å²) < 4.78 is 0. The highest BCUT2D eigenvalue weighted by Crippen LogP contribution is 2.24. The molecule has 1 heterocycles. The van der Waals surface area contributed by atoms with Gasteiger partial charge in [-0.15, -0.1) is 0 Å². The van der Waals surface area contributed by atoms with Gasteiger partial charge in [-0.2, -0.15) is 10.4 Å². The van der Waals surface area contributed by atoms with Crippen molar-refractivity contribution in [1.82, 2.24) is 5.01 Å². The van der Waals surface area contributed by atoms with Crippen molar-refractivity contribution < 1.29 is 4.79 Å². The number of carbonyl (C=O) groups is 1. The number of benzene rings is 2. The van der Waals surface area contributed by atoms with E-state index in [1.807, 2.05) is 12.1 Å². The fraction of sp³-hybridized carbons (Fsp3) is 0.167. The maximum absolute atomic E-state index is 12.5. The van der Waals surface area contributed by atoms with E-state index in [1.165, 1.54) is 5.01 Å². The first-order chi connectivity index (χ1) is 12.1. The van der Waals surface area contributed by atoms with E-state index in [9.17, 15) is 4.79 Å². The molecule has 1 unspecified atom stereocenters. The van der Waals surface area contributed by atoms with Crippen molar-refractivity contribution in [1.29, 1.82) is 5.26 Å². The third kappa shape index (κ3) is 4.11. The lowest BCUT2D eigenvalue weighted by Crippen LogP contribution is -2.30. The zero-order chi connectivity index (χ0) is 17.8. The van der Waals surface area contributed by atoms with Crippen LogP contribution in [0.3, 0.4) is 0 Å². The lowest BCUT2D eigenvalue weighted by Gasteiger charge is -2.14. The fourth-order valence-electron chi connectivity index (χ4n) is 2.58. The van der Waals surface area contributed by atoms with E-state index in [1.54, 1.807) is 36.4 Å². The number of halogens is 2. The number of rotatable bonds is 3. The Bertz CT molecular complexity index is 841. The second-order valence-corrected chi connectivity index (χ2v) is 6.44. The second kappa shape index (κ2) is 7.56. The van der Waals surface area contributed by atoms with Crippen molar-refractivity contribution in [3.05, 3.63) is 64.1 Å². The molecule has 0 radical (unpaired) electrons. The number of urea groups is 1. The molecule has 0 bridgehead atoms. The van der Waals surface area contributed by atoms with Gasteiger partial charge in [-0.3, -0.25) is 0 Å². The molecule has 25 heavy (non-hydrogen) atoms. The van der Waals surface area contributed by atoms with Crippen molar-refractivity contribution in [2.75, 3.05) is 11.9 Å². The van der Waals surface area contributed by atoms with Crippen LogP contribution >= 0.6 is 23.2 Å². The minimum absolute atomic E-state index is 0.137. The van der Waals surface area contributed by atoms with Gasteiger partial charge in [0.15, 0.2) is 0 Å². The first kappa shape index (κ1) is 17.3. The average molecular weight is 373 g/mol. The lowest BCUT2D eigenvalue weighted by molar-refractivity contribution is 0.216. The Morgan fingerprint density at radius 1 is 1.16 bits per heavy atom. The van der Waals surface area contributed by atoms with E-state index in [4.69, 9.17) is 28.5 Å². The smallest absolute Gasteiger partial charge is 0.306 e. The minimum atomic E-state index is -0.353. The summed E-state index contributed by atoms with van der Waals surface area (Å²) in [6, 6.07) is 15.8. The number of anilines is 1. The number of amides is 2. The molecule has 0 fully saturated rings. The molecular formula is C18H14Cl2N4O. The van der Waals surface area contributed by atoms with Crippen LogP contribution < -0.4 is 5.32 Å². The number of hydrogen-bond acceptors (Lipinski definition) is 3. The molecule has 1 aliphatic rings. The van der Waals surface area contributed by atoms with Crippen LogP contribution in [0.25, 0.3) is 0 Å². The van der Waals surface area contributed by atoms with Crippen LogP contribution in [0.4, 0.5) is 10.5 Å². The summed E-state index contributed by atoms with van der Waals surface area (Å²) in [6.07, 6.45) is 0.284. The summed E-state index contributed by atoms with van der Waals surface area (Å²) in [7, 11) is 0. The highest BCUT2D eigenvalue weighted by Gasteiger charge is 2.31. The highest BCUT2D eigenvalue weighted by atomic mass is 35.5. The first-order valence-electron chi connectivity index (χ1n) is 7.62. The largest absolute Gasteiger partial charge is 0.342 e. The van der Waals surface area contributed by atoms with Gasteiger partial charge in [0.05, 0.1) is 18.3 Å². The Kier molecular flexibility index (Phi) is 5.22. The second-order valence-electron chi connectivity index (χ2n) is 5.57. The Morgan fingerprint density at radius 2 is 1.76 bits per heavy atom. The molecule has 1 atom stereocenters. The van der Waals surface area contributed by atoms with E-state index >= 15 is 0 Å². The van der Waals surface area contributed by atoms with E-state index in [-0.39, 0.29) is 18.4 Å². The Balaban J connectivity index is 1.79. The predicted octanol–water partition coefficient (Wildman–Crippen LogP) is 4.78. The van der Waals surface area contributed by atoms with E-state index in [0.29, 0.717) is 28.0 Å². The Labute approximate surface area is 155 Å². The molecular weight excluding hydrogens is 359 g/mol. The number of hydrazone groups is 1. The molecule has 1 aliphatic heterocycles. The van der Waals surface area contributed by atoms with Crippen molar-refractivity contribution in [3.63, 3.8) is 0 Å². The summed E-state index contributed by atoms with van der Waals surface area (Å²) >= 11 is 11.8. The Hall–Kier alpha value is -2.55. The van der Waals surface area contributed by atoms with Gasteiger partial charge in [-0.25, -0.2) is 9.80 Å². The number of nitrogens with zero attached hydrogens (tertiary/aromatic N) is 3. The van der Waals surface area contributed by atoms with Gasteiger partial charge >= 0.3 is 6.03 Å². The van der Waals surface area contributed by atoms with Crippen LogP contribution in [0, 0.1) is 17.2 Å². The zero-order valence-electron chi connectivity index (χ0n) is 13.1. The molecule has 7 heteroatoms. The maximum Gasteiger partial charge on any atom is 0.342 e. The summed E-state index contributed by atoms with van der Waals surface area (Å²) in [5.41, 5.74) is 2.19. The number of nitrogens with one attached hydrogen (secondary N) is 1. The normalized spacial score (nSPS) is 16.3. The number of nitriles is 1. The molecule has 2 amide bonds. The lowest BCUT2D eigenvalue weighted by atomic mass is 9.95. The van der Waals surface area contributed by atoms with E-state index in [0.717, 1.165) is 5.56 Å². The molecule has 0 saturated heterocycles. The maximum atomic E-state index is 12.5. The predicted molar refractivity (Wildman–Crippen MR) is 98.9 cm³/mol. The standard InChI is InChI=1S/C18H14Cl2N4O/c19-14-3-1-12(2-4-14)17-13(9-10-21)11-24(23-17)18(25)22-16-7-5-15(20)6-8-16/h1-8,13H,9,11H2,(H,22,25). The third-order valence-corrected chi connectivity index (χ3v) is 4.32. The first-order valence-corrected chi connectivity index (χ1v) is 8.38. The minimum Gasteiger partial charge on any atom is -0.306 e. The number of hydrogen-bond donors (Lipinski definition) is 1. The van der Waals surface area contributed by atoms with Gasteiger partial charge in [-0.1, -0.05) is 35.3 Å². The van der Waals surface area contributed by atoms with Crippen LogP contribution in [0.15, 0.2) is 53.6 Å². The molecule has 1 N–H and O–H groups in total. The van der Waals surface area contributed by atoms with Gasteiger partial charge in [0, 0.05) is 28.1 Å². The molecule has 0 saturated carbocycles. The van der Waals surface area contributed by atoms with E-state index in [2.05, 4.69) is 16.5 Å². The van der Waals surface area contributed by atoms with Crippen LogP contribution in [0.1, 0.15) is 12.0 Å². The molecule has 0 spiro atoms. The topological polar surface area (TPSA) is 68.5 Å². The van der Waals surface area contributed by atoms with Crippen molar-refractivity contribution >= 4 is 40.6 Å². The van der Waals surface area contributed by atoms with Crippen LogP contribution in [-0.4, -0.2) is 23.3 Å². The van der Waals surface area contributed by atoms with Crippen molar-refractivity contribution in [2.24, 2.45) is 11.0 Å². The fourth-order valence-corrected chi connectivity index (χ4v) is 2.83. The summed E-state index contributed by atoms with van der Waals surface area (Å²) in [5.74, 6) is -0.137. The molecule has 0 aromatic heterocycles. The zero-order valence-corrected chi connectivity index (χ0v) is 14.6. The summed E-state index contributed by atoms with van der Waals surface area (Å²) in [6.45, 7) is 0.352. The quantitative estimate of drug-likeness (QED) is 0.842. The molecule has 5 nitrogen and oxygen atoms in total. The van der Waals surface area contributed by atoms with Gasteiger partial charge < -0.3 is 5.32 Å². The van der Waals surface area contributed by atoms with Gasteiger partial charge in [0.2, 0.25) is 0 Å². The van der Waals surface area contributed by atoms with Gasteiger partial charge in [0.25, 0.3) is 0 Å².